The number of hydrogen-bond acceptors (Lipinski definition) is 6. The molecule has 0 saturated carbocycles. The predicted molar refractivity (Wildman–Crippen MR) is 107 cm³/mol. The van der Waals surface area contributed by atoms with Crippen LogP contribution in [0.3, 0.4) is 0 Å². The van der Waals surface area contributed by atoms with E-state index in [9.17, 15) is 13.2 Å². The number of piperidine rings is 1. The molecule has 0 aliphatic carbocycles. The van der Waals surface area contributed by atoms with Gasteiger partial charge in [-0.25, -0.2) is 13.1 Å². The molecule has 162 valence electrons. The lowest BCUT2D eigenvalue weighted by atomic mass is 9.96. The summed E-state index contributed by atoms with van der Waals surface area (Å²) >= 11 is 0. The molecule has 2 heterocycles. The number of methoxy groups -OCH3 is 1. The molecule has 1 N–H and O–H groups in total. The normalized spacial score (nSPS) is 21.4. The van der Waals surface area contributed by atoms with E-state index < -0.39 is 15.6 Å². The molecule has 1 unspecified atom stereocenters. The van der Waals surface area contributed by atoms with Gasteiger partial charge in [0.1, 0.15) is 10.6 Å². The molecule has 2 saturated heterocycles. The highest BCUT2D eigenvalue weighted by atomic mass is 32.2. The summed E-state index contributed by atoms with van der Waals surface area (Å²) in [4.78, 5) is 14.8. The molecule has 0 bridgehead atoms. The minimum absolute atomic E-state index is 0.0446. The number of likely N-dealkylation sites (tertiary alicyclic amines) is 1. The Bertz CT molecular complexity index is 843. The third-order valence-electron chi connectivity index (χ3n) is 4.92. The molecular weight excluding hydrogens is 396 g/mol. The van der Waals surface area contributed by atoms with Crippen molar-refractivity contribution in [2.45, 2.75) is 50.3 Å². The van der Waals surface area contributed by atoms with Crippen molar-refractivity contribution in [3.8, 4) is 5.75 Å². The van der Waals surface area contributed by atoms with Crippen molar-refractivity contribution in [3.63, 3.8) is 0 Å². The van der Waals surface area contributed by atoms with Gasteiger partial charge in [-0.15, -0.1) is 0 Å². The van der Waals surface area contributed by atoms with Crippen molar-refractivity contribution in [1.29, 1.82) is 0 Å². The number of ether oxygens (including phenoxy) is 3. The van der Waals surface area contributed by atoms with Crippen molar-refractivity contribution in [3.05, 3.63) is 23.8 Å². The van der Waals surface area contributed by atoms with Gasteiger partial charge in [-0.05, 0) is 51.8 Å². The Labute approximate surface area is 172 Å². The second kappa shape index (κ2) is 8.59. The first-order chi connectivity index (χ1) is 13.6. The Hall–Kier alpha value is -1.68. The summed E-state index contributed by atoms with van der Waals surface area (Å²) in [6.45, 7) is 7.58. The molecule has 2 aliphatic rings. The van der Waals surface area contributed by atoms with Crippen molar-refractivity contribution in [2.24, 2.45) is 5.92 Å². The van der Waals surface area contributed by atoms with Crippen LogP contribution in [-0.2, 0) is 19.5 Å². The second-order valence-electron chi connectivity index (χ2n) is 8.48. The number of sulfonamides is 1. The van der Waals surface area contributed by atoms with Crippen molar-refractivity contribution < 1.29 is 27.4 Å². The van der Waals surface area contributed by atoms with Crippen LogP contribution in [0.2, 0.25) is 0 Å². The van der Waals surface area contributed by atoms with E-state index in [1.165, 1.54) is 19.2 Å². The summed E-state index contributed by atoms with van der Waals surface area (Å²) in [6.07, 6.45) is 1.52. The van der Waals surface area contributed by atoms with Crippen LogP contribution in [-0.4, -0.2) is 64.5 Å². The molecule has 3 rings (SSSR count). The van der Waals surface area contributed by atoms with Gasteiger partial charge in [0.25, 0.3) is 5.91 Å². The summed E-state index contributed by atoms with van der Waals surface area (Å²) in [5.74, 6) is 0.115. The number of rotatable bonds is 5. The molecule has 9 heteroatoms. The highest BCUT2D eigenvalue weighted by Gasteiger charge is 2.34. The lowest BCUT2D eigenvalue weighted by Gasteiger charge is -2.34. The number of benzene rings is 1. The van der Waals surface area contributed by atoms with Crippen LogP contribution < -0.4 is 9.46 Å². The highest BCUT2D eigenvalue weighted by Crippen LogP contribution is 2.29. The Balaban J connectivity index is 1.84. The molecular formula is C20H30N2O6S. The average Bonchev–Trinajstić information content (AvgIpc) is 3.20. The SMILES string of the molecule is COc1ccc(C(=O)N2CCCC(C3OCCO3)C2)cc1S(=O)(=O)NC(C)(C)C. The summed E-state index contributed by atoms with van der Waals surface area (Å²) in [5.41, 5.74) is -0.348. The summed E-state index contributed by atoms with van der Waals surface area (Å²) in [7, 11) is -2.45. The van der Waals surface area contributed by atoms with Gasteiger partial charge < -0.3 is 19.1 Å². The Morgan fingerprint density at radius 3 is 2.55 bits per heavy atom. The summed E-state index contributed by atoms with van der Waals surface area (Å²) < 4.78 is 44.8. The Morgan fingerprint density at radius 2 is 1.93 bits per heavy atom. The number of amides is 1. The van der Waals surface area contributed by atoms with Crippen LogP contribution in [0.4, 0.5) is 0 Å². The Kier molecular flexibility index (Phi) is 6.52. The minimum Gasteiger partial charge on any atom is -0.495 e. The molecule has 8 nitrogen and oxygen atoms in total. The van der Waals surface area contributed by atoms with Crippen molar-refractivity contribution in [2.75, 3.05) is 33.4 Å². The van der Waals surface area contributed by atoms with Crippen LogP contribution in [0.1, 0.15) is 44.0 Å². The molecule has 0 spiro atoms. The van der Waals surface area contributed by atoms with E-state index in [-0.39, 0.29) is 28.8 Å². The van der Waals surface area contributed by atoms with Gasteiger partial charge in [0, 0.05) is 30.1 Å². The van der Waals surface area contributed by atoms with Gasteiger partial charge in [0.15, 0.2) is 6.29 Å². The van der Waals surface area contributed by atoms with Crippen LogP contribution in [0.25, 0.3) is 0 Å². The second-order valence-corrected chi connectivity index (χ2v) is 10.1. The van der Waals surface area contributed by atoms with E-state index >= 15 is 0 Å². The number of carbonyl (C=O) groups excluding carboxylic acids is 1. The topological polar surface area (TPSA) is 94.2 Å². The molecule has 2 fully saturated rings. The van der Waals surface area contributed by atoms with E-state index in [0.717, 1.165) is 12.8 Å². The zero-order chi connectivity index (χ0) is 21.2. The van der Waals surface area contributed by atoms with Gasteiger partial charge >= 0.3 is 0 Å². The first-order valence-corrected chi connectivity index (χ1v) is 11.3. The monoisotopic (exact) mass is 426 g/mol. The van der Waals surface area contributed by atoms with Crippen LogP contribution in [0.5, 0.6) is 5.75 Å². The number of hydrogen-bond donors (Lipinski definition) is 1. The van der Waals surface area contributed by atoms with E-state index in [0.29, 0.717) is 31.9 Å². The van der Waals surface area contributed by atoms with Crippen LogP contribution in [0.15, 0.2) is 23.1 Å². The van der Waals surface area contributed by atoms with Gasteiger partial charge in [-0.1, -0.05) is 0 Å². The van der Waals surface area contributed by atoms with Crippen molar-refractivity contribution >= 4 is 15.9 Å². The smallest absolute Gasteiger partial charge is 0.253 e. The number of carbonyl (C=O) groups is 1. The molecule has 1 amide bonds. The third-order valence-corrected chi connectivity index (χ3v) is 6.70. The maximum atomic E-state index is 13.1. The summed E-state index contributed by atoms with van der Waals surface area (Å²) in [5, 5.41) is 0. The fourth-order valence-electron chi connectivity index (χ4n) is 3.73. The highest BCUT2D eigenvalue weighted by molar-refractivity contribution is 7.89. The lowest BCUT2D eigenvalue weighted by Crippen LogP contribution is -2.44. The molecule has 0 aromatic heterocycles. The maximum Gasteiger partial charge on any atom is 0.253 e. The fraction of sp³-hybridized carbons (Fsp3) is 0.650. The van der Waals surface area contributed by atoms with Gasteiger partial charge in [-0.2, -0.15) is 0 Å². The van der Waals surface area contributed by atoms with Crippen LogP contribution in [0, 0.1) is 5.92 Å². The molecule has 2 aliphatic heterocycles. The number of nitrogens with zero attached hydrogens (tertiary/aromatic N) is 1. The quantitative estimate of drug-likeness (QED) is 0.774. The maximum absolute atomic E-state index is 13.1. The van der Waals surface area contributed by atoms with Gasteiger partial charge in [0.05, 0.1) is 20.3 Å². The van der Waals surface area contributed by atoms with Crippen molar-refractivity contribution in [1.82, 2.24) is 9.62 Å². The molecule has 1 aromatic carbocycles. The molecule has 29 heavy (non-hydrogen) atoms. The average molecular weight is 427 g/mol. The first-order valence-electron chi connectivity index (χ1n) is 9.85. The van der Waals surface area contributed by atoms with E-state index in [1.807, 2.05) is 0 Å². The molecule has 1 aromatic rings. The largest absolute Gasteiger partial charge is 0.495 e. The minimum atomic E-state index is -3.86. The molecule has 1 atom stereocenters. The number of nitrogens with one attached hydrogen (secondary N) is 1. The van der Waals surface area contributed by atoms with Gasteiger partial charge in [0.2, 0.25) is 10.0 Å². The van der Waals surface area contributed by atoms with E-state index in [4.69, 9.17) is 14.2 Å². The van der Waals surface area contributed by atoms with Crippen LogP contribution >= 0.6 is 0 Å². The van der Waals surface area contributed by atoms with E-state index in [2.05, 4.69) is 4.72 Å². The zero-order valence-electron chi connectivity index (χ0n) is 17.4. The van der Waals surface area contributed by atoms with E-state index in [1.54, 1.807) is 31.7 Å². The Morgan fingerprint density at radius 1 is 1.24 bits per heavy atom. The van der Waals surface area contributed by atoms with Gasteiger partial charge in [-0.3, -0.25) is 4.79 Å². The third kappa shape index (κ3) is 5.28. The fourth-order valence-corrected chi connectivity index (χ4v) is 5.34. The zero-order valence-corrected chi connectivity index (χ0v) is 18.3. The predicted octanol–water partition coefficient (Wildman–Crippen LogP) is 2.00. The standard InChI is InChI=1S/C20H30N2O6S/c1-20(2,3)21-29(24,25)17-12-14(7-8-16(17)26-4)18(23)22-9-5-6-15(13-22)19-27-10-11-28-19/h7-8,12,15,19,21H,5-6,9-11,13H2,1-4H3. The summed E-state index contributed by atoms with van der Waals surface area (Å²) in [6, 6.07) is 4.51. The lowest BCUT2D eigenvalue weighted by molar-refractivity contribution is -0.0969. The molecule has 0 radical (unpaired) electrons. The first kappa shape index (κ1) is 22.0.